The number of hydrogen-bond donors (Lipinski definition) is 4. The Morgan fingerprint density at radius 2 is 0.971 bits per heavy atom. The topological polar surface area (TPSA) is 101 Å². The number of benzene rings is 3. The number of amides is 2. The maximum atomic E-state index is 12.4. The Hall–Kier alpha value is -4.02. The van der Waals surface area contributed by atoms with Gasteiger partial charge in [-0.1, -0.05) is 12.1 Å². The van der Waals surface area contributed by atoms with Crippen LogP contribution in [0.25, 0.3) is 0 Å². The predicted octanol–water partition coefficient (Wildman–Crippen LogP) is 3.96. The summed E-state index contributed by atoms with van der Waals surface area (Å²) < 4.78 is 10.2. The second-order valence-electron chi connectivity index (χ2n) is 6.82. The third-order valence-electron chi connectivity index (χ3n) is 4.58. The van der Waals surface area contributed by atoms with Gasteiger partial charge in [0.05, 0.1) is 25.6 Å². The lowest BCUT2D eigenvalue weighted by atomic mass is 10.2. The van der Waals surface area contributed by atoms with E-state index >= 15 is 0 Å². The number of ether oxygens (including phenoxy) is 2. The summed E-state index contributed by atoms with van der Waals surface area (Å²) in [5, 5.41) is 11.4. The van der Waals surface area contributed by atoms with Crippen LogP contribution in [-0.2, 0) is 0 Å². The van der Waals surface area contributed by atoms with Crippen molar-refractivity contribution in [2.24, 2.45) is 0 Å². The molecule has 0 bridgehead atoms. The molecular formula is C24H22N4O4S2. The molecule has 3 aromatic rings. The summed E-state index contributed by atoms with van der Waals surface area (Å²) in [5.41, 5.74) is 1.98. The zero-order chi connectivity index (χ0) is 24.5. The monoisotopic (exact) mass is 494 g/mol. The molecule has 0 fully saturated rings. The molecule has 3 rings (SSSR count). The van der Waals surface area contributed by atoms with Crippen molar-refractivity contribution >= 4 is 57.8 Å². The van der Waals surface area contributed by atoms with E-state index in [9.17, 15) is 9.59 Å². The third-order valence-corrected chi connectivity index (χ3v) is 4.99. The van der Waals surface area contributed by atoms with Crippen LogP contribution >= 0.6 is 24.4 Å². The minimum Gasteiger partial charge on any atom is -0.497 e. The van der Waals surface area contributed by atoms with Crippen molar-refractivity contribution in [3.05, 3.63) is 83.9 Å². The number of methoxy groups -OCH3 is 2. The van der Waals surface area contributed by atoms with Crippen molar-refractivity contribution in [2.45, 2.75) is 0 Å². The molecule has 0 aromatic heterocycles. The summed E-state index contributed by atoms with van der Waals surface area (Å²) >= 11 is 10.6. The van der Waals surface area contributed by atoms with Crippen LogP contribution in [0.5, 0.6) is 11.5 Å². The van der Waals surface area contributed by atoms with Crippen LogP contribution in [0.1, 0.15) is 20.7 Å². The second kappa shape index (κ2) is 11.7. The Bertz CT molecular complexity index is 1100. The zero-order valence-corrected chi connectivity index (χ0v) is 20.0. The van der Waals surface area contributed by atoms with Crippen LogP contribution in [0, 0.1) is 0 Å². The van der Waals surface area contributed by atoms with E-state index < -0.39 is 0 Å². The van der Waals surface area contributed by atoms with Gasteiger partial charge in [-0.3, -0.25) is 20.2 Å². The summed E-state index contributed by atoms with van der Waals surface area (Å²) in [7, 11) is 3.10. The number of hydrogen-bond acceptors (Lipinski definition) is 6. The molecule has 0 saturated carbocycles. The Labute approximate surface area is 207 Å². The van der Waals surface area contributed by atoms with Gasteiger partial charge in [0.1, 0.15) is 11.5 Å². The number of thiocarbonyl (C=S) groups is 2. The van der Waals surface area contributed by atoms with Crippen LogP contribution in [0.4, 0.5) is 11.4 Å². The molecule has 0 heterocycles. The molecule has 0 unspecified atom stereocenters. The molecule has 0 radical (unpaired) electrons. The van der Waals surface area contributed by atoms with E-state index in [2.05, 4.69) is 21.3 Å². The average molecular weight is 495 g/mol. The number of carbonyl (C=O) groups excluding carboxylic acids is 2. The maximum absolute atomic E-state index is 12.4. The van der Waals surface area contributed by atoms with Gasteiger partial charge in [0.2, 0.25) is 0 Å². The highest BCUT2D eigenvalue weighted by molar-refractivity contribution is 7.80. The van der Waals surface area contributed by atoms with E-state index in [4.69, 9.17) is 33.9 Å². The van der Waals surface area contributed by atoms with Crippen LogP contribution in [-0.4, -0.2) is 36.3 Å². The quantitative estimate of drug-likeness (QED) is 0.382. The maximum Gasteiger partial charge on any atom is 0.257 e. The first kappa shape index (κ1) is 24.6. The van der Waals surface area contributed by atoms with Gasteiger partial charge < -0.3 is 20.1 Å². The Kier molecular flexibility index (Phi) is 8.49. The first-order valence-corrected chi connectivity index (χ1v) is 10.8. The minimum absolute atomic E-state index is 0.100. The van der Waals surface area contributed by atoms with Gasteiger partial charge in [0.25, 0.3) is 11.8 Å². The van der Waals surface area contributed by atoms with E-state index in [1.807, 2.05) is 0 Å². The normalized spacial score (nSPS) is 9.94. The first-order chi connectivity index (χ1) is 16.4. The fourth-order valence-electron chi connectivity index (χ4n) is 2.84. The van der Waals surface area contributed by atoms with Crippen molar-refractivity contribution in [1.82, 2.24) is 10.6 Å². The smallest absolute Gasteiger partial charge is 0.257 e. The highest BCUT2D eigenvalue weighted by atomic mass is 32.1. The van der Waals surface area contributed by atoms with Gasteiger partial charge in [-0.15, -0.1) is 0 Å². The van der Waals surface area contributed by atoms with Gasteiger partial charge in [-0.05, 0) is 85.1 Å². The molecule has 0 saturated heterocycles. The number of rotatable bonds is 6. The van der Waals surface area contributed by atoms with E-state index in [0.29, 0.717) is 34.0 Å². The lowest BCUT2D eigenvalue weighted by Crippen LogP contribution is -2.36. The van der Waals surface area contributed by atoms with Crippen molar-refractivity contribution < 1.29 is 19.1 Å². The van der Waals surface area contributed by atoms with Gasteiger partial charge in [-0.2, -0.15) is 0 Å². The predicted molar refractivity (Wildman–Crippen MR) is 140 cm³/mol. The molecule has 0 spiro atoms. The zero-order valence-electron chi connectivity index (χ0n) is 18.4. The van der Waals surface area contributed by atoms with E-state index in [-0.39, 0.29) is 22.0 Å². The Balaban J connectivity index is 1.59. The standard InChI is InChI=1S/C24H22N4O4S2/c1-31-17-11-7-15(8-12-17)21(29)27-23(33)25-19-5-3-4-6-20(19)26-24(34)28-22(30)16-9-13-18(32-2)14-10-16/h3-14H,1-2H3,(H2,25,27,29,33)(H2,26,28,30,34). The lowest BCUT2D eigenvalue weighted by Gasteiger charge is -2.16. The summed E-state index contributed by atoms with van der Waals surface area (Å²) in [6.45, 7) is 0. The van der Waals surface area contributed by atoms with Gasteiger partial charge in [-0.25, -0.2) is 0 Å². The highest BCUT2D eigenvalue weighted by Gasteiger charge is 2.12. The average Bonchev–Trinajstić information content (AvgIpc) is 2.85. The molecule has 0 atom stereocenters. The van der Waals surface area contributed by atoms with Crippen molar-refractivity contribution in [3.8, 4) is 11.5 Å². The summed E-state index contributed by atoms with van der Waals surface area (Å²) in [5.74, 6) is 0.556. The Morgan fingerprint density at radius 1 is 0.618 bits per heavy atom. The molecule has 2 amide bonds. The molecule has 0 aliphatic rings. The lowest BCUT2D eigenvalue weighted by molar-refractivity contribution is 0.0969. The summed E-state index contributed by atoms with van der Waals surface area (Å²) in [6.07, 6.45) is 0. The highest BCUT2D eigenvalue weighted by Crippen LogP contribution is 2.21. The van der Waals surface area contributed by atoms with E-state index in [1.54, 1.807) is 87.0 Å². The Morgan fingerprint density at radius 3 is 1.29 bits per heavy atom. The molecule has 3 aromatic carbocycles. The van der Waals surface area contributed by atoms with Gasteiger partial charge in [0, 0.05) is 11.1 Å². The number of anilines is 2. The summed E-state index contributed by atoms with van der Waals surface area (Å²) in [4.78, 5) is 24.9. The van der Waals surface area contributed by atoms with Gasteiger partial charge in [0.15, 0.2) is 10.2 Å². The first-order valence-electron chi connectivity index (χ1n) is 10.0. The molecule has 0 aliphatic carbocycles. The van der Waals surface area contributed by atoms with E-state index in [1.165, 1.54) is 0 Å². The fraction of sp³-hybridized carbons (Fsp3) is 0.0833. The minimum atomic E-state index is -0.368. The third kappa shape index (κ3) is 6.74. The van der Waals surface area contributed by atoms with Gasteiger partial charge >= 0.3 is 0 Å². The molecule has 0 aliphatic heterocycles. The second-order valence-corrected chi connectivity index (χ2v) is 7.64. The number of carbonyl (C=O) groups is 2. The van der Waals surface area contributed by atoms with Crippen LogP contribution < -0.4 is 30.7 Å². The SMILES string of the molecule is COc1ccc(C(=O)NC(=S)Nc2ccccc2NC(=S)NC(=O)c2ccc(OC)cc2)cc1. The largest absolute Gasteiger partial charge is 0.497 e. The molecule has 4 N–H and O–H groups in total. The molecule has 34 heavy (non-hydrogen) atoms. The fourth-order valence-corrected chi connectivity index (χ4v) is 3.25. The van der Waals surface area contributed by atoms with Crippen LogP contribution in [0.15, 0.2) is 72.8 Å². The summed E-state index contributed by atoms with van der Waals surface area (Å²) in [6, 6.07) is 20.4. The molecule has 174 valence electrons. The number of para-hydroxylation sites is 2. The van der Waals surface area contributed by atoms with Crippen molar-refractivity contribution in [3.63, 3.8) is 0 Å². The van der Waals surface area contributed by atoms with Crippen LogP contribution in [0.2, 0.25) is 0 Å². The van der Waals surface area contributed by atoms with Crippen LogP contribution in [0.3, 0.4) is 0 Å². The van der Waals surface area contributed by atoms with E-state index in [0.717, 1.165) is 0 Å². The molecule has 8 nitrogen and oxygen atoms in total. The van der Waals surface area contributed by atoms with Crippen molar-refractivity contribution in [1.29, 1.82) is 0 Å². The molecule has 10 heteroatoms. The molecular weight excluding hydrogens is 472 g/mol. The number of nitrogens with one attached hydrogen (secondary N) is 4. The van der Waals surface area contributed by atoms with Crippen molar-refractivity contribution in [2.75, 3.05) is 24.9 Å².